The second kappa shape index (κ2) is 6.22. The number of fused-ring (bicyclic) bond motifs is 1. The highest BCUT2D eigenvalue weighted by Gasteiger charge is 2.26. The molecule has 2 N–H and O–H groups in total. The fraction of sp³-hybridized carbons (Fsp3) is 0.412. The van der Waals surface area contributed by atoms with Gasteiger partial charge in [0.15, 0.2) is 0 Å². The molecule has 1 aliphatic rings. The summed E-state index contributed by atoms with van der Waals surface area (Å²) in [5.41, 5.74) is 1.28. The smallest absolute Gasteiger partial charge is 0.269 e. The Kier molecular flexibility index (Phi) is 4.15. The number of para-hydroxylation sites is 1. The van der Waals surface area contributed by atoms with Crippen LogP contribution >= 0.6 is 0 Å². The van der Waals surface area contributed by atoms with E-state index in [-0.39, 0.29) is 12.5 Å². The van der Waals surface area contributed by atoms with Crippen molar-refractivity contribution in [3.05, 3.63) is 42.1 Å². The van der Waals surface area contributed by atoms with Crippen LogP contribution in [-0.4, -0.2) is 29.1 Å². The summed E-state index contributed by atoms with van der Waals surface area (Å²) in [4.78, 5) is 16.6. The van der Waals surface area contributed by atoms with Gasteiger partial charge in [0.2, 0.25) is 0 Å². The monoisotopic (exact) mass is 284 g/mol. The molecule has 2 aromatic rings. The standard InChI is InChI=1S/C17H20N2O2/c20-11-14-6-3-5-13(14)10-18-17(21)16-9-8-12-4-1-2-7-15(12)19-16/h1-2,4,7-9,13-14,20H,3,5-6,10-11H2,(H,18,21). The van der Waals surface area contributed by atoms with Gasteiger partial charge in [0.1, 0.15) is 5.69 Å². The zero-order valence-corrected chi connectivity index (χ0v) is 12.0. The number of carbonyl (C=O) groups excluding carboxylic acids is 1. The second-order valence-corrected chi connectivity index (χ2v) is 5.73. The second-order valence-electron chi connectivity index (χ2n) is 5.73. The Hall–Kier alpha value is -1.94. The average molecular weight is 284 g/mol. The molecule has 4 heteroatoms. The summed E-state index contributed by atoms with van der Waals surface area (Å²) in [5.74, 6) is 0.582. The van der Waals surface area contributed by atoms with Gasteiger partial charge in [0.25, 0.3) is 5.91 Å². The third-order valence-corrected chi connectivity index (χ3v) is 4.41. The van der Waals surface area contributed by atoms with E-state index in [1.807, 2.05) is 30.3 Å². The number of nitrogens with one attached hydrogen (secondary N) is 1. The lowest BCUT2D eigenvalue weighted by Crippen LogP contribution is -2.32. The van der Waals surface area contributed by atoms with Crippen molar-refractivity contribution in [3.63, 3.8) is 0 Å². The Morgan fingerprint density at radius 2 is 2.00 bits per heavy atom. The SMILES string of the molecule is O=C(NCC1CCCC1CO)c1ccc2ccccc2n1. The van der Waals surface area contributed by atoms with Gasteiger partial charge in [0, 0.05) is 18.5 Å². The summed E-state index contributed by atoms with van der Waals surface area (Å²) in [7, 11) is 0. The molecule has 1 fully saturated rings. The zero-order chi connectivity index (χ0) is 14.7. The lowest BCUT2D eigenvalue weighted by atomic mass is 9.97. The molecule has 1 saturated carbocycles. The lowest BCUT2D eigenvalue weighted by Gasteiger charge is -2.17. The molecule has 1 amide bonds. The number of aromatic nitrogens is 1. The van der Waals surface area contributed by atoms with Gasteiger partial charge in [0.05, 0.1) is 5.52 Å². The van der Waals surface area contributed by atoms with Crippen molar-refractivity contribution >= 4 is 16.8 Å². The zero-order valence-electron chi connectivity index (χ0n) is 12.0. The van der Waals surface area contributed by atoms with Crippen molar-refractivity contribution in [2.45, 2.75) is 19.3 Å². The predicted molar refractivity (Wildman–Crippen MR) is 82.0 cm³/mol. The first-order valence-electron chi connectivity index (χ1n) is 7.53. The van der Waals surface area contributed by atoms with E-state index < -0.39 is 0 Å². The number of aliphatic hydroxyl groups excluding tert-OH is 1. The van der Waals surface area contributed by atoms with Gasteiger partial charge in [-0.05, 0) is 36.8 Å². The van der Waals surface area contributed by atoms with Crippen molar-refractivity contribution < 1.29 is 9.90 Å². The molecule has 4 nitrogen and oxygen atoms in total. The van der Waals surface area contributed by atoms with Crippen LogP contribution in [0.2, 0.25) is 0 Å². The number of aliphatic hydroxyl groups is 1. The third kappa shape index (κ3) is 3.05. The first kappa shape index (κ1) is 14.0. The van der Waals surface area contributed by atoms with Crippen LogP contribution in [0.15, 0.2) is 36.4 Å². The highest BCUT2D eigenvalue weighted by Crippen LogP contribution is 2.30. The van der Waals surface area contributed by atoms with Gasteiger partial charge in [-0.1, -0.05) is 30.7 Å². The number of nitrogens with zero attached hydrogens (tertiary/aromatic N) is 1. The van der Waals surface area contributed by atoms with Gasteiger partial charge in [-0.2, -0.15) is 0 Å². The first-order valence-corrected chi connectivity index (χ1v) is 7.53. The molecule has 2 atom stereocenters. The minimum Gasteiger partial charge on any atom is -0.396 e. The van der Waals surface area contributed by atoms with Crippen LogP contribution in [0.25, 0.3) is 10.9 Å². The molecule has 1 aromatic heterocycles. The highest BCUT2D eigenvalue weighted by atomic mass is 16.3. The maximum Gasteiger partial charge on any atom is 0.269 e. The van der Waals surface area contributed by atoms with Gasteiger partial charge >= 0.3 is 0 Å². The first-order chi connectivity index (χ1) is 10.3. The number of benzene rings is 1. The molecule has 0 radical (unpaired) electrons. The fourth-order valence-electron chi connectivity index (χ4n) is 3.13. The maximum absolute atomic E-state index is 12.2. The molecule has 0 saturated heterocycles. The summed E-state index contributed by atoms with van der Waals surface area (Å²) in [6, 6.07) is 11.4. The molecular weight excluding hydrogens is 264 g/mol. The Labute approximate surface area is 124 Å². The number of hydrogen-bond acceptors (Lipinski definition) is 3. The minimum absolute atomic E-state index is 0.135. The Bertz CT molecular complexity index is 641. The Balaban J connectivity index is 1.66. The van der Waals surface area contributed by atoms with Crippen molar-refractivity contribution in [1.29, 1.82) is 0 Å². The fourth-order valence-corrected chi connectivity index (χ4v) is 3.13. The van der Waals surface area contributed by atoms with Crippen molar-refractivity contribution in [2.24, 2.45) is 11.8 Å². The molecule has 110 valence electrons. The van der Waals surface area contributed by atoms with Gasteiger partial charge in [-0.25, -0.2) is 4.98 Å². The number of carbonyl (C=O) groups is 1. The predicted octanol–water partition coefficient (Wildman–Crippen LogP) is 2.37. The van der Waals surface area contributed by atoms with Crippen LogP contribution in [0, 0.1) is 11.8 Å². The number of pyridine rings is 1. The molecule has 21 heavy (non-hydrogen) atoms. The largest absolute Gasteiger partial charge is 0.396 e. The van der Waals surface area contributed by atoms with Crippen molar-refractivity contribution in [2.75, 3.05) is 13.2 Å². The van der Waals surface area contributed by atoms with Crippen LogP contribution in [0.4, 0.5) is 0 Å². The normalized spacial score (nSPS) is 21.6. The number of hydrogen-bond donors (Lipinski definition) is 2. The highest BCUT2D eigenvalue weighted by molar-refractivity contribution is 5.94. The van der Waals surface area contributed by atoms with E-state index in [1.165, 1.54) is 0 Å². The van der Waals surface area contributed by atoms with E-state index in [1.54, 1.807) is 6.07 Å². The van der Waals surface area contributed by atoms with Crippen LogP contribution in [-0.2, 0) is 0 Å². The summed E-state index contributed by atoms with van der Waals surface area (Å²) < 4.78 is 0. The molecule has 1 aliphatic carbocycles. The van der Waals surface area contributed by atoms with E-state index in [9.17, 15) is 9.90 Å². The number of amides is 1. The van der Waals surface area contributed by atoms with Gasteiger partial charge < -0.3 is 10.4 Å². The van der Waals surface area contributed by atoms with Crippen LogP contribution in [0.3, 0.4) is 0 Å². The molecule has 1 heterocycles. The summed E-state index contributed by atoms with van der Waals surface area (Å²) >= 11 is 0. The Morgan fingerprint density at radius 1 is 1.19 bits per heavy atom. The van der Waals surface area contributed by atoms with E-state index in [0.29, 0.717) is 24.1 Å². The molecular formula is C17H20N2O2. The van der Waals surface area contributed by atoms with Crippen LogP contribution in [0.1, 0.15) is 29.8 Å². The minimum atomic E-state index is -0.135. The van der Waals surface area contributed by atoms with Crippen LogP contribution < -0.4 is 5.32 Å². The lowest BCUT2D eigenvalue weighted by molar-refractivity contribution is 0.0933. The van der Waals surface area contributed by atoms with E-state index >= 15 is 0 Å². The maximum atomic E-state index is 12.2. The van der Waals surface area contributed by atoms with Gasteiger partial charge in [-0.15, -0.1) is 0 Å². The molecule has 0 bridgehead atoms. The molecule has 2 unspecified atom stereocenters. The molecule has 0 aliphatic heterocycles. The van der Waals surface area contributed by atoms with Crippen molar-refractivity contribution in [3.8, 4) is 0 Å². The average Bonchev–Trinajstić information content (AvgIpc) is 2.99. The molecule has 1 aromatic carbocycles. The third-order valence-electron chi connectivity index (χ3n) is 4.41. The van der Waals surface area contributed by atoms with E-state index in [2.05, 4.69) is 10.3 Å². The number of rotatable bonds is 4. The Morgan fingerprint density at radius 3 is 2.86 bits per heavy atom. The van der Waals surface area contributed by atoms with E-state index in [0.717, 1.165) is 30.2 Å². The molecule has 0 spiro atoms. The van der Waals surface area contributed by atoms with Crippen molar-refractivity contribution in [1.82, 2.24) is 10.3 Å². The summed E-state index contributed by atoms with van der Waals surface area (Å²) in [6.07, 6.45) is 3.28. The van der Waals surface area contributed by atoms with Crippen LogP contribution in [0.5, 0.6) is 0 Å². The summed E-state index contributed by atoms with van der Waals surface area (Å²) in [6.45, 7) is 0.841. The topological polar surface area (TPSA) is 62.2 Å². The summed E-state index contributed by atoms with van der Waals surface area (Å²) in [5, 5.41) is 13.3. The van der Waals surface area contributed by atoms with E-state index in [4.69, 9.17) is 0 Å². The van der Waals surface area contributed by atoms with Gasteiger partial charge in [-0.3, -0.25) is 4.79 Å². The molecule has 3 rings (SSSR count). The quantitative estimate of drug-likeness (QED) is 0.906.